The lowest BCUT2D eigenvalue weighted by Gasteiger charge is -2.25. The highest BCUT2D eigenvalue weighted by molar-refractivity contribution is 6.51. The van der Waals surface area contributed by atoms with Crippen molar-refractivity contribution < 1.29 is 19.4 Å². The van der Waals surface area contributed by atoms with Crippen molar-refractivity contribution in [2.45, 2.75) is 19.4 Å². The predicted octanol–water partition coefficient (Wildman–Crippen LogP) is 4.76. The van der Waals surface area contributed by atoms with Crippen molar-refractivity contribution in [2.24, 2.45) is 0 Å². The van der Waals surface area contributed by atoms with Crippen LogP contribution in [0.15, 0.2) is 78.4 Å². The third-order valence-electron chi connectivity index (χ3n) is 5.76. The number of aryl methyl sites for hydroxylation is 1. The van der Waals surface area contributed by atoms with Crippen molar-refractivity contribution >= 4 is 23.1 Å². The average molecular weight is 438 g/mol. The van der Waals surface area contributed by atoms with Gasteiger partial charge >= 0.3 is 0 Å². The first-order chi connectivity index (χ1) is 16.0. The van der Waals surface area contributed by atoms with Gasteiger partial charge in [0.15, 0.2) is 0 Å². The van der Waals surface area contributed by atoms with Crippen LogP contribution in [0.4, 0.5) is 5.69 Å². The Morgan fingerprint density at radius 2 is 1.76 bits per heavy atom. The fraction of sp³-hybridized carbons (Fsp3) is 0.148. The molecule has 1 fully saturated rings. The lowest BCUT2D eigenvalue weighted by molar-refractivity contribution is -0.132. The number of aliphatic hydroxyl groups is 1. The molecular weight excluding hydrogens is 416 g/mol. The van der Waals surface area contributed by atoms with Gasteiger partial charge in [0.25, 0.3) is 11.7 Å². The number of amides is 1. The number of nitriles is 1. The molecule has 6 heteroatoms. The molecule has 0 spiro atoms. The molecule has 6 nitrogen and oxygen atoms in total. The Balaban J connectivity index is 1.92. The zero-order chi connectivity index (χ0) is 23.5. The van der Waals surface area contributed by atoms with Crippen molar-refractivity contribution in [1.29, 1.82) is 5.26 Å². The minimum Gasteiger partial charge on any atom is -0.507 e. The number of anilines is 1. The molecule has 4 rings (SSSR count). The van der Waals surface area contributed by atoms with Crippen LogP contribution in [0.5, 0.6) is 5.75 Å². The molecule has 164 valence electrons. The van der Waals surface area contributed by atoms with Gasteiger partial charge in [-0.2, -0.15) is 5.26 Å². The van der Waals surface area contributed by atoms with Crippen LogP contribution in [0.1, 0.15) is 35.2 Å². The Morgan fingerprint density at radius 1 is 1.06 bits per heavy atom. The van der Waals surface area contributed by atoms with Crippen LogP contribution < -0.4 is 9.64 Å². The second kappa shape index (κ2) is 9.01. The van der Waals surface area contributed by atoms with E-state index >= 15 is 0 Å². The number of hydrogen-bond donors (Lipinski definition) is 1. The molecule has 0 radical (unpaired) electrons. The molecule has 1 saturated heterocycles. The van der Waals surface area contributed by atoms with Crippen LogP contribution >= 0.6 is 0 Å². The smallest absolute Gasteiger partial charge is 0.300 e. The fourth-order valence-electron chi connectivity index (χ4n) is 3.98. The molecule has 0 aliphatic carbocycles. The fourth-order valence-corrected chi connectivity index (χ4v) is 3.98. The third kappa shape index (κ3) is 3.97. The SMILES string of the molecule is CCc1ccc(/C(O)=C2/C(=O)C(=O)N(c3ccc(C#N)cc3)C2c2cccc(OC)c2)cc1. The van der Waals surface area contributed by atoms with Crippen LogP contribution in [0.2, 0.25) is 0 Å². The number of Topliss-reactive ketones (excluding diaryl/α,β-unsaturated/α-hetero) is 1. The summed E-state index contributed by atoms with van der Waals surface area (Å²) in [7, 11) is 1.53. The second-order valence-electron chi connectivity index (χ2n) is 7.65. The molecule has 1 heterocycles. The second-order valence-corrected chi connectivity index (χ2v) is 7.65. The lowest BCUT2D eigenvalue weighted by atomic mass is 9.94. The van der Waals surface area contributed by atoms with E-state index in [1.165, 1.54) is 12.0 Å². The van der Waals surface area contributed by atoms with Gasteiger partial charge < -0.3 is 9.84 Å². The molecule has 0 saturated carbocycles. The van der Waals surface area contributed by atoms with E-state index in [-0.39, 0.29) is 11.3 Å². The molecule has 1 N–H and O–H groups in total. The van der Waals surface area contributed by atoms with Gasteiger partial charge in [0.05, 0.1) is 30.4 Å². The number of ether oxygens (including phenoxy) is 1. The first kappa shape index (κ1) is 21.8. The molecule has 3 aromatic rings. The Bertz CT molecular complexity index is 1280. The summed E-state index contributed by atoms with van der Waals surface area (Å²) >= 11 is 0. The summed E-state index contributed by atoms with van der Waals surface area (Å²) in [5.74, 6) is -1.20. The van der Waals surface area contributed by atoms with E-state index in [4.69, 9.17) is 10.00 Å². The molecule has 0 bridgehead atoms. The van der Waals surface area contributed by atoms with Crippen molar-refractivity contribution in [3.63, 3.8) is 0 Å². The largest absolute Gasteiger partial charge is 0.507 e. The normalized spacial score (nSPS) is 17.1. The Hall–Kier alpha value is -4.37. The summed E-state index contributed by atoms with van der Waals surface area (Å²) in [6.07, 6.45) is 0.841. The maximum absolute atomic E-state index is 13.2. The summed E-state index contributed by atoms with van der Waals surface area (Å²) in [5.41, 5.74) is 3.05. The highest BCUT2D eigenvalue weighted by Crippen LogP contribution is 2.42. The molecule has 33 heavy (non-hydrogen) atoms. The van der Waals surface area contributed by atoms with E-state index < -0.39 is 17.7 Å². The minimum atomic E-state index is -0.862. The van der Waals surface area contributed by atoms with Gasteiger partial charge in [0.1, 0.15) is 11.5 Å². The molecule has 3 aromatic carbocycles. The molecule has 1 aliphatic rings. The molecule has 1 atom stereocenters. The van der Waals surface area contributed by atoms with Crippen LogP contribution in [0, 0.1) is 11.3 Å². The first-order valence-corrected chi connectivity index (χ1v) is 10.5. The number of hydrogen-bond acceptors (Lipinski definition) is 5. The van der Waals surface area contributed by atoms with Crippen molar-refractivity contribution in [1.82, 2.24) is 0 Å². The van der Waals surface area contributed by atoms with Gasteiger partial charge in [-0.15, -0.1) is 0 Å². The average Bonchev–Trinajstić information content (AvgIpc) is 3.14. The first-order valence-electron chi connectivity index (χ1n) is 10.5. The van der Waals surface area contributed by atoms with Gasteiger partial charge in [-0.05, 0) is 53.9 Å². The van der Waals surface area contributed by atoms with Gasteiger partial charge in [0.2, 0.25) is 0 Å². The summed E-state index contributed by atoms with van der Waals surface area (Å²) < 4.78 is 5.34. The standard InChI is InChI=1S/C27H22N2O4/c1-3-17-7-11-19(12-8-17)25(30)23-24(20-5-4-6-22(15-20)33-2)29(27(32)26(23)31)21-13-9-18(16-28)10-14-21/h4-15,24,30H,3H2,1-2H3/b25-23-. The van der Waals surface area contributed by atoms with Crippen molar-refractivity contribution in [2.75, 3.05) is 12.0 Å². The van der Waals surface area contributed by atoms with Gasteiger partial charge in [-0.3, -0.25) is 14.5 Å². The summed E-state index contributed by atoms with van der Waals surface area (Å²) in [6.45, 7) is 2.03. The Labute approximate surface area is 192 Å². The van der Waals surface area contributed by atoms with E-state index in [0.29, 0.717) is 28.1 Å². The summed E-state index contributed by atoms with van der Waals surface area (Å²) in [5, 5.41) is 20.3. The number of ketones is 1. The minimum absolute atomic E-state index is 0.00172. The van der Waals surface area contributed by atoms with Crippen LogP contribution in [0.3, 0.4) is 0 Å². The highest BCUT2D eigenvalue weighted by atomic mass is 16.5. The summed E-state index contributed by atoms with van der Waals surface area (Å²) in [6, 6.07) is 21.9. The topological polar surface area (TPSA) is 90.6 Å². The van der Waals surface area contributed by atoms with E-state index in [0.717, 1.165) is 12.0 Å². The zero-order valence-electron chi connectivity index (χ0n) is 18.3. The number of rotatable bonds is 5. The van der Waals surface area contributed by atoms with Crippen LogP contribution in [-0.2, 0) is 16.0 Å². The molecule has 0 aromatic heterocycles. The number of benzene rings is 3. The van der Waals surface area contributed by atoms with Gasteiger partial charge in [0, 0.05) is 11.3 Å². The summed E-state index contributed by atoms with van der Waals surface area (Å²) in [4.78, 5) is 27.7. The number of nitrogens with zero attached hydrogens (tertiary/aromatic N) is 2. The van der Waals surface area contributed by atoms with Gasteiger partial charge in [-0.25, -0.2) is 0 Å². The monoisotopic (exact) mass is 438 g/mol. The number of carbonyl (C=O) groups excluding carboxylic acids is 2. The van der Waals surface area contributed by atoms with E-state index in [2.05, 4.69) is 0 Å². The van der Waals surface area contributed by atoms with Gasteiger partial charge in [-0.1, -0.05) is 43.3 Å². The van der Waals surface area contributed by atoms with Crippen LogP contribution in [0.25, 0.3) is 5.76 Å². The van der Waals surface area contributed by atoms with E-state index in [9.17, 15) is 14.7 Å². The van der Waals surface area contributed by atoms with E-state index in [1.807, 2.05) is 25.1 Å². The lowest BCUT2D eigenvalue weighted by Crippen LogP contribution is -2.29. The number of methoxy groups -OCH3 is 1. The zero-order valence-corrected chi connectivity index (χ0v) is 18.3. The number of carbonyl (C=O) groups is 2. The van der Waals surface area contributed by atoms with E-state index in [1.54, 1.807) is 60.7 Å². The number of aliphatic hydroxyl groups excluding tert-OH is 1. The molecule has 1 unspecified atom stereocenters. The predicted molar refractivity (Wildman–Crippen MR) is 125 cm³/mol. The molecular formula is C27H22N2O4. The molecule has 1 aliphatic heterocycles. The van der Waals surface area contributed by atoms with Crippen LogP contribution in [-0.4, -0.2) is 23.9 Å². The highest BCUT2D eigenvalue weighted by Gasteiger charge is 2.47. The quantitative estimate of drug-likeness (QED) is 0.352. The maximum atomic E-state index is 13.2. The maximum Gasteiger partial charge on any atom is 0.300 e. The van der Waals surface area contributed by atoms with Crippen molar-refractivity contribution in [3.8, 4) is 11.8 Å². The molecule has 1 amide bonds. The Kier molecular flexibility index (Phi) is 5.97. The third-order valence-corrected chi connectivity index (χ3v) is 5.76. The van der Waals surface area contributed by atoms with Crippen molar-refractivity contribution in [3.05, 3.63) is 101 Å². The Morgan fingerprint density at radius 3 is 2.36 bits per heavy atom.